The Hall–Kier alpha value is -0.730. The molecule has 3 heteroatoms. The van der Waals surface area contributed by atoms with Gasteiger partial charge in [0.2, 0.25) is 0 Å². The van der Waals surface area contributed by atoms with E-state index in [1.165, 1.54) is 11.3 Å². The molecular weight excluding hydrogens is 246 g/mol. The van der Waals surface area contributed by atoms with E-state index < -0.39 is 0 Å². The summed E-state index contributed by atoms with van der Waals surface area (Å²) in [6.07, 6.45) is 1.04. The lowest BCUT2D eigenvalue weighted by Crippen LogP contribution is -2.47. The first-order chi connectivity index (χ1) is 8.44. The monoisotopic (exact) mass is 267 g/mol. The second-order valence-electron chi connectivity index (χ2n) is 6.01. The maximum Gasteiger partial charge on any atom is 0.0465 e. The summed E-state index contributed by atoms with van der Waals surface area (Å²) in [7, 11) is 0. The van der Waals surface area contributed by atoms with Crippen molar-refractivity contribution in [2.75, 3.05) is 24.6 Å². The van der Waals surface area contributed by atoms with Crippen LogP contribution in [-0.4, -0.2) is 24.8 Å². The van der Waals surface area contributed by atoms with Crippen molar-refractivity contribution in [3.05, 3.63) is 28.8 Å². The number of aryl methyl sites for hydroxylation is 1. The van der Waals surface area contributed by atoms with Gasteiger partial charge in [-0.2, -0.15) is 0 Å². The zero-order valence-electron chi connectivity index (χ0n) is 11.4. The van der Waals surface area contributed by atoms with Crippen LogP contribution >= 0.6 is 11.6 Å². The zero-order valence-corrected chi connectivity index (χ0v) is 12.2. The lowest BCUT2D eigenvalue weighted by atomic mass is 9.74. The molecule has 0 amide bonds. The molecule has 1 unspecified atom stereocenters. The predicted molar refractivity (Wildman–Crippen MR) is 77.4 cm³/mol. The standard InChI is InChI=1S/C15H22ClNO/c1-11-4-5-13(16)8-14(11)17-7-6-12(9-18)15(2,3)10-17/h4-5,8,12,18H,6-7,9-10H2,1-3H3. The Kier molecular flexibility index (Phi) is 3.88. The van der Waals surface area contributed by atoms with E-state index in [1.807, 2.05) is 12.1 Å². The van der Waals surface area contributed by atoms with E-state index >= 15 is 0 Å². The van der Waals surface area contributed by atoms with Gasteiger partial charge in [0.25, 0.3) is 0 Å². The van der Waals surface area contributed by atoms with Crippen molar-refractivity contribution in [3.63, 3.8) is 0 Å². The first kappa shape index (κ1) is 13.7. The zero-order chi connectivity index (χ0) is 13.3. The summed E-state index contributed by atoms with van der Waals surface area (Å²) in [5, 5.41) is 10.2. The highest BCUT2D eigenvalue weighted by Gasteiger charge is 2.35. The maximum absolute atomic E-state index is 9.44. The molecule has 18 heavy (non-hydrogen) atoms. The van der Waals surface area contributed by atoms with E-state index in [0.29, 0.717) is 5.92 Å². The smallest absolute Gasteiger partial charge is 0.0465 e. The summed E-state index contributed by atoms with van der Waals surface area (Å²) in [6, 6.07) is 6.06. The number of hydrogen-bond acceptors (Lipinski definition) is 2. The molecule has 1 N–H and O–H groups in total. The Labute approximate surface area is 115 Å². The fourth-order valence-electron chi connectivity index (χ4n) is 2.87. The number of anilines is 1. The van der Waals surface area contributed by atoms with Crippen LogP contribution in [0.3, 0.4) is 0 Å². The number of hydrogen-bond donors (Lipinski definition) is 1. The lowest BCUT2D eigenvalue weighted by Gasteiger charge is -2.45. The molecule has 0 saturated carbocycles. The third-order valence-corrected chi connectivity index (χ3v) is 4.42. The van der Waals surface area contributed by atoms with Crippen molar-refractivity contribution >= 4 is 17.3 Å². The molecule has 1 heterocycles. The quantitative estimate of drug-likeness (QED) is 0.887. The molecule has 1 atom stereocenters. The molecule has 1 aliphatic heterocycles. The van der Waals surface area contributed by atoms with E-state index in [2.05, 4.69) is 31.7 Å². The van der Waals surface area contributed by atoms with Crippen LogP contribution < -0.4 is 4.90 Å². The van der Waals surface area contributed by atoms with Gasteiger partial charge in [-0.25, -0.2) is 0 Å². The molecule has 1 aromatic rings. The van der Waals surface area contributed by atoms with E-state index in [-0.39, 0.29) is 12.0 Å². The highest BCUT2D eigenvalue weighted by Crippen LogP contribution is 2.37. The number of halogens is 1. The molecule has 0 aliphatic carbocycles. The van der Waals surface area contributed by atoms with Gasteiger partial charge < -0.3 is 10.0 Å². The Bertz CT molecular complexity index is 431. The van der Waals surface area contributed by atoms with Gasteiger partial charge >= 0.3 is 0 Å². The molecule has 0 aromatic heterocycles. The first-order valence-corrected chi connectivity index (χ1v) is 6.94. The number of benzene rings is 1. The summed E-state index contributed by atoms with van der Waals surface area (Å²) in [5.41, 5.74) is 2.63. The van der Waals surface area contributed by atoms with Gasteiger partial charge in [0.15, 0.2) is 0 Å². The average molecular weight is 268 g/mol. The SMILES string of the molecule is Cc1ccc(Cl)cc1N1CCC(CO)C(C)(C)C1. The van der Waals surface area contributed by atoms with Gasteiger partial charge in [-0.05, 0) is 42.4 Å². The maximum atomic E-state index is 9.44. The van der Waals surface area contributed by atoms with Crippen molar-refractivity contribution in [1.29, 1.82) is 0 Å². The number of aliphatic hydroxyl groups excluding tert-OH is 1. The topological polar surface area (TPSA) is 23.5 Å². The molecule has 1 aliphatic rings. The number of piperidine rings is 1. The van der Waals surface area contributed by atoms with Crippen LogP contribution in [0, 0.1) is 18.3 Å². The number of aliphatic hydroxyl groups is 1. The van der Waals surface area contributed by atoms with Crippen LogP contribution in [-0.2, 0) is 0 Å². The fraction of sp³-hybridized carbons (Fsp3) is 0.600. The minimum atomic E-state index is 0.141. The second-order valence-corrected chi connectivity index (χ2v) is 6.45. The van der Waals surface area contributed by atoms with Gasteiger partial charge in [0, 0.05) is 30.4 Å². The summed E-state index contributed by atoms with van der Waals surface area (Å²) in [6.45, 7) is 8.85. The molecular formula is C15H22ClNO. The predicted octanol–water partition coefficient (Wildman–Crippen LogP) is 3.49. The van der Waals surface area contributed by atoms with E-state index in [0.717, 1.165) is 24.5 Å². The van der Waals surface area contributed by atoms with Gasteiger partial charge in [-0.3, -0.25) is 0 Å². The Morgan fingerprint density at radius 1 is 1.44 bits per heavy atom. The summed E-state index contributed by atoms with van der Waals surface area (Å²) < 4.78 is 0. The van der Waals surface area contributed by atoms with Crippen LogP contribution in [0.25, 0.3) is 0 Å². The van der Waals surface area contributed by atoms with E-state index in [1.54, 1.807) is 0 Å². The minimum Gasteiger partial charge on any atom is -0.396 e. The van der Waals surface area contributed by atoms with Crippen LogP contribution in [0.2, 0.25) is 5.02 Å². The van der Waals surface area contributed by atoms with E-state index in [9.17, 15) is 5.11 Å². The number of rotatable bonds is 2. The molecule has 1 saturated heterocycles. The first-order valence-electron chi connectivity index (χ1n) is 6.56. The van der Waals surface area contributed by atoms with Crippen LogP contribution in [0.15, 0.2) is 18.2 Å². The van der Waals surface area contributed by atoms with Crippen LogP contribution in [0.5, 0.6) is 0 Å². The summed E-state index contributed by atoms with van der Waals surface area (Å²) in [5.74, 6) is 0.397. The minimum absolute atomic E-state index is 0.141. The van der Waals surface area contributed by atoms with Gasteiger partial charge in [-0.15, -0.1) is 0 Å². The van der Waals surface area contributed by atoms with Crippen molar-refractivity contribution in [2.24, 2.45) is 11.3 Å². The molecule has 0 bridgehead atoms. The molecule has 0 radical (unpaired) electrons. The van der Waals surface area contributed by atoms with Gasteiger partial charge in [-0.1, -0.05) is 31.5 Å². The highest BCUT2D eigenvalue weighted by atomic mass is 35.5. The normalized spacial score (nSPS) is 23.2. The Morgan fingerprint density at radius 2 is 2.17 bits per heavy atom. The molecule has 2 nitrogen and oxygen atoms in total. The summed E-state index contributed by atoms with van der Waals surface area (Å²) >= 11 is 6.10. The van der Waals surface area contributed by atoms with E-state index in [4.69, 9.17) is 11.6 Å². The number of nitrogens with zero attached hydrogens (tertiary/aromatic N) is 1. The third-order valence-electron chi connectivity index (χ3n) is 4.18. The lowest BCUT2D eigenvalue weighted by molar-refractivity contribution is 0.0972. The summed E-state index contributed by atoms with van der Waals surface area (Å²) in [4.78, 5) is 2.40. The molecule has 100 valence electrons. The second kappa shape index (κ2) is 5.10. The third kappa shape index (κ3) is 2.65. The fourth-order valence-corrected chi connectivity index (χ4v) is 3.04. The average Bonchev–Trinajstić information content (AvgIpc) is 2.31. The largest absolute Gasteiger partial charge is 0.396 e. The van der Waals surface area contributed by atoms with Crippen molar-refractivity contribution in [2.45, 2.75) is 27.2 Å². The molecule has 0 spiro atoms. The Morgan fingerprint density at radius 3 is 2.78 bits per heavy atom. The molecule has 2 rings (SSSR count). The van der Waals surface area contributed by atoms with Crippen molar-refractivity contribution < 1.29 is 5.11 Å². The van der Waals surface area contributed by atoms with Gasteiger partial charge in [0.1, 0.15) is 0 Å². The highest BCUT2D eigenvalue weighted by molar-refractivity contribution is 6.30. The van der Waals surface area contributed by atoms with Crippen molar-refractivity contribution in [3.8, 4) is 0 Å². The van der Waals surface area contributed by atoms with Crippen LogP contribution in [0.1, 0.15) is 25.8 Å². The van der Waals surface area contributed by atoms with Crippen molar-refractivity contribution in [1.82, 2.24) is 0 Å². The van der Waals surface area contributed by atoms with Gasteiger partial charge in [0.05, 0.1) is 0 Å². The molecule has 1 aromatic carbocycles. The molecule has 1 fully saturated rings. The Balaban J connectivity index is 2.23. The van der Waals surface area contributed by atoms with Crippen LogP contribution in [0.4, 0.5) is 5.69 Å².